The fourth-order valence-corrected chi connectivity index (χ4v) is 1.94. The standard InChI is InChI=1S/C12H12BrClF2O3/c1-2-12(15,16)8-5-7(13)3-4-9(8)19-10(6-14)11(17)18/h3-5,10H,2,6H2,1H3,(H,17,18). The van der Waals surface area contributed by atoms with E-state index < -0.39 is 24.4 Å². The minimum atomic E-state index is -3.10. The van der Waals surface area contributed by atoms with Gasteiger partial charge >= 0.3 is 5.97 Å². The van der Waals surface area contributed by atoms with Gasteiger partial charge in [-0.25, -0.2) is 13.6 Å². The van der Waals surface area contributed by atoms with Crippen LogP contribution in [0.5, 0.6) is 5.75 Å². The molecule has 0 fully saturated rings. The van der Waals surface area contributed by atoms with E-state index in [4.69, 9.17) is 21.4 Å². The summed E-state index contributed by atoms with van der Waals surface area (Å²) < 4.78 is 33.1. The topological polar surface area (TPSA) is 46.5 Å². The molecule has 0 spiro atoms. The maximum Gasteiger partial charge on any atom is 0.346 e. The molecule has 0 amide bonds. The molecule has 1 aromatic carbocycles. The van der Waals surface area contributed by atoms with Crippen LogP contribution in [-0.2, 0) is 10.7 Å². The first-order valence-electron chi connectivity index (χ1n) is 5.45. The summed E-state index contributed by atoms with van der Waals surface area (Å²) in [5.41, 5.74) is -0.360. The maximum atomic E-state index is 13.8. The number of alkyl halides is 3. The first-order chi connectivity index (χ1) is 8.81. The lowest BCUT2D eigenvalue weighted by atomic mass is 10.1. The molecule has 3 nitrogen and oxygen atoms in total. The Morgan fingerprint density at radius 2 is 2.21 bits per heavy atom. The largest absolute Gasteiger partial charge is 0.478 e. The number of carboxylic acids is 1. The third-order valence-corrected chi connectivity index (χ3v) is 3.24. The van der Waals surface area contributed by atoms with E-state index in [0.717, 1.165) is 0 Å². The van der Waals surface area contributed by atoms with Crippen LogP contribution in [0.25, 0.3) is 0 Å². The average molecular weight is 358 g/mol. The Bertz CT molecular complexity index is 468. The molecule has 106 valence electrons. The van der Waals surface area contributed by atoms with E-state index in [9.17, 15) is 13.6 Å². The first kappa shape index (κ1) is 16.2. The Labute approximate surface area is 122 Å². The summed E-state index contributed by atoms with van der Waals surface area (Å²) in [6, 6.07) is 4.01. The van der Waals surface area contributed by atoms with Crippen molar-refractivity contribution >= 4 is 33.5 Å². The van der Waals surface area contributed by atoms with Crippen LogP contribution >= 0.6 is 27.5 Å². The summed E-state index contributed by atoms with van der Waals surface area (Å²) >= 11 is 8.54. The van der Waals surface area contributed by atoms with E-state index in [-0.39, 0.29) is 17.2 Å². The molecule has 0 aromatic heterocycles. The van der Waals surface area contributed by atoms with Crippen LogP contribution in [0.3, 0.4) is 0 Å². The second-order valence-electron chi connectivity index (χ2n) is 3.80. The van der Waals surface area contributed by atoms with Crippen molar-refractivity contribution in [3.05, 3.63) is 28.2 Å². The van der Waals surface area contributed by atoms with Gasteiger partial charge in [-0.05, 0) is 18.2 Å². The van der Waals surface area contributed by atoms with Crippen LogP contribution in [0, 0.1) is 0 Å². The average Bonchev–Trinajstić information content (AvgIpc) is 2.36. The summed E-state index contributed by atoms with van der Waals surface area (Å²) in [6.45, 7) is 1.33. The van der Waals surface area contributed by atoms with Gasteiger partial charge in [-0.3, -0.25) is 0 Å². The number of carbonyl (C=O) groups is 1. The molecule has 0 saturated carbocycles. The van der Waals surface area contributed by atoms with Crippen molar-refractivity contribution in [1.82, 2.24) is 0 Å². The number of hydrogen-bond donors (Lipinski definition) is 1. The third kappa shape index (κ3) is 4.04. The quantitative estimate of drug-likeness (QED) is 0.782. The molecular weight excluding hydrogens is 345 g/mol. The van der Waals surface area contributed by atoms with Gasteiger partial charge in [0.2, 0.25) is 6.10 Å². The molecule has 1 atom stereocenters. The molecule has 0 aliphatic carbocycles. The molecule has 0 saturated heterocycles. The minimum Gasteiger partial charge on any atom is -0.478 e. The molecule has 0 radical (unpaired) electrons. The third-order valence-electron chi connectivity index (χ3n) is 2.46. The van der Waals surface area contributed by atoms with Gasteiger partial charge in [0.1, 0.15) is 5.75 Å². The predicted octanol–water partition coefficient (Wildman–Crippen LogP) is 4.02. The Morgan fingerprint density at radius 3 is 2.68 bits per heavy atom. The summed E-state index contributed by atoms with van der Waals surface area (Å²) in [7, 11) is 0. The highest BCUT2D eigenvalue weighted by atomic mass is 79.9. The summed E-state index contributed by atoms with van der Waals surface area (Å²) in [6.07, 6.45) is -1.78. The van der Waals surface area contributed by atoms with Gasteiger partial charge in [0.05, 0.1) is 11.4 Å². The Morgan fingerprint density at radius 1 is 1.58 bits per heavy atom. The zero-order chi connectivity index (χ0) is 14.6. The fourth-order valence-electron chi connectivity index (χ4n) is 1.38. The number of ether oxygens (including phenoxy) is 1. The number of carboxylic acid groups (broad SMARTS) is 1. The second kappa shape index (κ2) is 6.52. The number of hydrogen-bond acceptors (Lipinski definition) is 2. The summed E-state index contributed by atoms with van der Waals surface area (Å²) in [4.78, 5) is 10.8. The van der Waals surface area contributed by atoms with Crippen molar-refractivity contribution in [1.29, 1.82) is 0 Å². The Hall–Kier alpha value is -0.880. The second-order valence-corrected chi connectivity index (χ2v) is 5.02. The van der Waals surface area contributed by atoms with E-state index >= 15 is 0 Å². The van der Waals surface area contributed by atoms with Crippen molar-refractivity contribution in [2.24, 2.45) is 0 Å². The Balaban J connectivity index is 3.17. The SMILES string of the molecule is CCC(F)(F)c1cc(Br)ccc1OC(CCl)C(=O)O. The van der Waals surface area contributed by atoms with Crippen molar-refractivity contribution < 1.29 is 23.4 Å². The van der Waals surface area contributed by atoms with E-state index in [0.29, 0.717) is 4.47 Å². The van der Waals surface area contributed by atoms with Gasteiger partial charge in [0.25, 0.3) is 5.92 Å². The van der Waals surface area contributed by atoms with Crippen molar-refractivity contribution in [2.75, 3.05) is 5.88 Å². The number of rotatable bonds is 6. The fraction of sp³-hybridized carbons (Fsp3) is 0.417. The van der Waals surface area contributed by atoms with Gasteiger partial charge in [-0.15, -0.1) is 11.6 Å². The molecule has 0 aliphatic rings. The van der Waals surface area contributed by atoms with Crippen LogP contribution in [0.1, 0.15) is 18.9 Å². The summed E-state index contributed by atoms with van der Waals surface area (Å²) in [5, 5.41) is 8.83. The molecular formula is C12H12BrClF2O3. The van der Waals surface area contributed by atoms with E-state index in [1.54, 1.807) is 0 Å². The van der Waals surface area contributed by atoms with Gasteiger partial charge in [-0.1, -0.05) is 22.9 Å². The van der Waals surface area contributed by atoms with Gasteiger partial charge in [0.15, 0.2) is 0 Å². The number of benzene rings is 1. The lowest BCUT2D eigenvalue weighted by Gasteiger charge is -2.21. The van der Waals surface area contributed by atoms with Crippen LogP contribution in [-0.4, -0.2) is 23.1 Å². The monoisotopic (exact) mass is 356 g/mol. The molecule has 0 aliphatic heterocycles. The van der Waals surface area contributed by atoms with Crippen LogP contribution in [0.15, 0.2) is 22.7 Å². The Kier molecular flexibility index (Phi) is 5.55. The van der Waals surface area contributed by atoms with Crippen molar-refractivity contribution in [3.63, 3.8) is 0 Å². The molecule has 1 aromatic rings. The highest BCUT2D eigenvalue weighted by Crippen LogP contribution is 2.39. The highest BCUT2D eigenvalue weighted by molar-refractivity contribution is 9.10. The molecule has 7 heteroatoms. The van der Waals surface area contributed by atoms with E-state index in [1.807, 2.05) is 0 Å². The van der Waals surface area contributed by atoms with Crippen LogP contribution < -0.4 is 4.74 Å². The van der Waals surface area contributed by atoms with E-state index in [1.165, 1.54) is 25.1 Å². The molecule has 1 N–H and O–H groups in total. The lowest BCUT2D eigenvalue weighted by Crippen LogP contribution is -2.29. The number of halogens is 4. The van der Waals surface area contributed by atoms with Gasteiger partial charge in [0, 0.05) is 10.9 Å². The molecule has 0 heterocycles. The maximum absolute atomic E-state index is 13.8. The normalized spacial score (nSPS) is 13.1. The zero-order valence-electron chi connectivity index (χ0n) is 10.00. The van der Waals surface area contributed by atoms with Crippen molar-refractivity contribution in [3.8, 4) is 5.75 Å². The molecule has 19 heavy (non-hydrogen) atoms. The molecule has 1 unspecified atom stereocenters. The van der Waals surface area contributed by atoms with Crippen molar-refractivity contribution in [2.45, 2.75) is 25.4 Å². The smallest absolute Gasteiger partial charge is 0.346 e. The van der Waals surface area contributed by atoms with E-state index in [2.05, 4.69) is 15.9 Å². The van der Waals surface area contributed by atoms with Gasteiger partial charge in [-0.2, -0.15) is 0 Å². The molecule has 0 bridgehead atoms. The van der Waals surface area contributed by atoms with Gasteiger partial charge < -0.3 is 9.84 Å². The number of aliphatic carboxylic acids is 1. The minimum absolute atomic E-state index is 0.178. The van der Waals surface area contributed by atoms with Crippen LogP contribution in [0.2, 0.25) is 0 Å². The predicted molar refractivity (Wildman–Crippen MR) is 71.1 cm³/mol. The lowest BCUT2D eigenvalue weighted by molar-refractivity contribution is -0.144. The summed E-state index contributed by atoms with van der Waals surface area (Å²) in [5.74, 6) is -4.91. The first-order valence-corrected chi connectivity index (χ1v) is 6.77. The molecule has 1 rings (SSSR count). The zero-order valence-corrected chi connectivity index (χ0v) is 12.3. The highest BCUT2D eigenvalue weighted by Gasteiger charge is 2.34. The van der Waals surface area contributed by atoms with Crippen LogP contribution in [0.4, 0.5) is 8.78 Å².